The molecule has 0 spiro atoms. The van der Waals surface area contributed by atoms with E-state index < -0.39 is 36.4 Å². The second kappa shape index (κ2) is 13.0. The predicted molar refractivity (Wildman–Crippen MR) is 128 cm³/mol. The molecule has 0 amide bonds. The number of aliphatic hydroxyl groups is 2. The van der Waals surface area contributed by atoms with Gasteiger partial charge in [-0.05, 0) is 18.2 Å². The predicted octanol–water partition coefficient (Wildman–Crippen LogP) is -1.87. The van der Waals surface area contributed by atoms with Crippen LogP contribution in [0.15, 0.2) is 23.1 Å². The molecule has 1 aromatic carbocycles. The molecule has 7 N–H and O–H groups in total. The summed E-state index contributed by atoms with van der Waals surface area (Å²) in [6, 6.07) is 2.86. The first-order chi connectivity index (χ1) is 16.8. The highest BCUT2D eigenvalue weighted by atomic mass is 32.2. The van der Waals surface area contributed by atoms with E-state index in [1.165, 1.54) is 4.90 Å². The van der Waals surface area contributed by atoms with Crippen LogP contribution in [0.3, 0.4) is 0 Å². The average Bonchev–Trinajstić information content (AvgIpc) is 2.76. The summed E-state index contributed by atoms with van der Waals surface area (Å²) in [6.07, 6.45) is 0.984. The molecule has 0 bridgehead atoms. The normalized spacial score (nSPS) is 12.7. The smallest absolute Gasteiger partial charge is 0.357 e. The topological polar surface area (TPSA) is 253 Å². The second-order valence-electron chi connectivity index (χ2n) is 6.87. The molecule has 2 rings (SSSR count). The Morgan fingerprint density at radius 1 is 1.03 bits per heavy atom. The molecule has 1 atom stereocenters. The number of benzene rings is 1. The van der Waals surface area contributed by atoms with Crippen LogP contribution in [0.2, 0.25) is 0 Å². The van der Waals surface area contributed by atoms with Crippen molar-refractivity contribution >= 4 is 55.0 Å². The van der Waals surface area contributed by atoms with E-state index in [9.17, 15) is 35.8 Å². The van der Waals surface area contributed by atoms with Gasteiger partial charge in [-0.2, -0.15) is 27.6 Å². The second-order valence-corrected chi connectivity index (χ2v) is 10.7. The molecule has 0 aliphatic rings. The molecule has 0 saturated heterocycles. The van der Waals surface area contributed by atoms with Gasteiger partial charge in [0.05, 0.1) is 30.1 Å². The summed E-state index contributed by atoms with van der Waals surface area (Å²) in [5.74, 6) is -0.633. The molecule has 0 fully saturated rings. The highest BCUT2D eigenvalue weighted by Gasteiger charge is 2.18. The number of hydrogen-bond acceptors (Lipinski definition) is 14. The fraction of sp³-hybridized carbons (Fsp3) is 0.438. The summed E-state index contributed by atoms with van der Waals surface area (Å²) >= 11 is -2.78. The number of nitrogens with one attached hydrogen (secondary N) is 3. The molecule has 2 aromatic rings. The molecule has 20 heteroatoms. The Balaban J connectivity index is 2.48. The van der Waals surface area contributed by atoms with E-state index in [1.54, 1.807) is 0 Å². The van der Waals surface area contributed by atoms with Gasteiger partial charge < -0.3 is 29.9 Å². The monoisotopic (exact) mass is 571 g/mol. The first kappa shape index (κ1) is 29.5. The zero-order chi connectivity index (χ0) is 26.9. The summed E-state index contributed by atoms with van der Waals surface area (Å²) in [5, 5.41) is 24.1. The molecule has 0 aliphatic heterocycles. The van der Waals surface area contributed by atoms with Gasteiger partial charge in [-0.1, -0.05) is 0 Å². The Kier molecular flexibility index (Phi) is 10.7. The van der Waals surface area contributed by atoms with Gasteiger partial charge in [0.25, 0.3) is 10.1 Å². The standard InChI is InChI=1S/C16H25N7O10S3/c1-35(28,29)18-5-4-17-14-20-15(22-16(21-14)23(6-8-24)7-9-25)19-12-10-11(36(30,31)32)2-3-13(12)33-34(26)27/h2-3,10,18,24-25H,4-9H2,1H3,(H,26,27)(H,30,31,32)(H2,17,19,20,21,22). The zero-order valence-electron chi connectivity index (χ0n) is 18.7. The van der Waals surface area contributed by atoms with Gasteiger partial charge in [0.2, 0.25) is 27.9 Å². The van der Waals surface area contributed by atoms with Gasteiger partial charge in [0, 0.05) is 26.2 Å². The van der Waals surface area contributed by atoms with Crippen LogP contribution in [-0.2, 0) is 31.5 Å². The molecule has 1 unspecified atom stereocenters. The van der Waals surface area contributed by atoms with E-state index in [1.807, 2.05) is 0 Å². The van der Waals surface area contributed by atoms with Crippen LogP contribution in [-0.4, -0.2) is 101 Å². The lowest BCUT2D eigenvalue weighted by molar-refractivity contribution is 0.280. The minimum absolute atomic E-state index is 0.0175. The Labute approximate surface area is 209 Å². The quantitative estimate of drug-likeness (QED) is 0.0702. The number of rotatable bonds is 15. The number of nitrogens with zero attached hydrogens (tertiary/aromatic N) is 4. The van der Waals surface area contributed by atoms with Gasteiger partial charge in [0.1, 0.15) is 0 Å². The minimum Gasteiger partial charge on any atom is -0.395 e. The largest absolute Gasteiger partial charge is 0.395 e. The zero-order valence-corrected chi connectivity index (χ0v) is 21.2. The average molecular weight is 572 g/mol. The molecule has 17 nitrogen and oxygen atoms in total. The number of aromatic nitrogens is 3. The summed E-state index contributed by atoms with van der Waals surface area (Å²) in [5.41, 5.74) is -0.217. The molecular weight excluding hydrogens is 546 g/mol. The van der Waals surface area contributed by atoms with Gasteiger partial charge in [-0.3, -0.25) is 9.11 Å². The summed E-state index contributed by atoms with van der Waals surface area (Å²) < 4.78 is 82.2. The summed E-state index contributed by atoms with van der Waals surface area (Å²) in [7, 11) is -8.10. The summed E-state index contributed by atoms with van der Waals surface area (Å²) in [4.78, 5) is 13.3. The molecule has 202 valence electrons. The van der Waals surface area contributed by atoms with Crippen LogP contribution in [0.25, 0.3) is 0 Å². The van der Waals surface area contributed by atoms with E-state index in [4.69, 9.17) is 8.74 Å². The van der Waals surface area contributed by atoms with Crippen molar-refractivity contribution < 1.29 is 44.5 Å². The van der Waals surface area contributed by atoms with Crippen LogP contribution in [0.4, 0.5) is 23.5 Å². The third kappa shape index (κ3) is 9.73. The van der Waals surface area contributed by atoms with Crippen molar-refractivity contribution in [1.29, 1.82) is 0 Å². The first-order valence-corrected chi connectivity index (χ1v) is 14.3. The molecule has 0 aliphatic carbocycles. The Hall–Kier alpha value is -2.72. The molecule has 36 heavy (non-hydrogen) atoms. The maximum atomic E-state index is 11.6. The Morgan fingerprint density at radius 2 is 1.67 bits per heavy atom. The number of hydrogen-bond donors (Lipinski definition) is 7. The van der Waals surface area contributed by atoms with Crippen LogP contribution in [0.5, 0.6) is 5.75 Å². The number of aliphatic hydroxyl groups excluding tert-OH is 2. The van der Waals surface area contributed by atoms with Gasteiger partial charge >= 0.3 is 11.4 Å². The fourth-order valence-corrected chi connectivity index (χ4v) is 3.92. The fourth-order valence-electron chi connectivity index (χ4n) is 2.64. The molecule has 1 heterocycles. The third-order valence-corrected chi connectivity index (χ3v) is 5.98. The van der Waals surface area contributed by atoms with Crippen molar-refractivity contribution in [3.63, 3.8) is 0 Å². The molecule has 0 saturated carbocycles. The lowest BCUT2D eigenvalue weighted by atomic mass is 10.3. The van der Waals surface area contributed by atoms with Crippen molar-refractivity contribution in [3.8, 4) is 5.75 Å². The van der Waals surface area contributed by atoms with Gasteiger partial charge in [0.15, 0.2) is 5.75 Å². The Bertz CT molecular complexity index is 1270. The summed E-state index contributed by atoms with van der Waals surface area (Å²) in [6.45, 7) is -0.550. The molecular formula is C16H25N7O10S3. The van der Waals surface area contributed by atoms with Gasteiger partial charge in [-0.15, -0.1) is 0 Å². The maximum absolute atomic E-state index is 11.6. The Morgan fingerprint density at radius 3 is 2.22 bits per heavy atom. The van der Waals surface area contributed by atoms with Gasteiger partial charge in [-0.25, -0.2) is 13.1 Å². The van der Waals surface area contributed by atoms with Crippen LogP contribution in [0, 0.1) is 0 Å². The van der Waals surface area contributed by atoms with Crippen LogP contribution >= 0.6 is 0 Å². The lowest BCUT2D eigenvalue weighted by Gasteiger charge is -2.21. The highest BCUT2D eigenvalue weighted by molar-refractivity contribution is 7.88. The van der Waals surface area contributed by atoms with E-state index in [0.29, 0.717) is 0 Å². The van der Waals surface area contributed by atoms with Crippen LogP contribution in [0.1, 0.15) is 0 Å². The van der Waals surface area contributed by atoms with E-state index in [0.717, 1.165) is 24.5 Å². The number of sulfonamides is 1. The van der Waals surface area contributed by atoms with E-state index >= 15 is 0 Å². The maximum Gasteiger partial charge on any atom is 0.357 e. The van der Waals surface area contributed by atoms with Crippen LogP contribution < -0.4 is 24.4 Å². The third-order valence-electron chi connectivity index (χ3n) is 4.08. The number of anilines is 4. The lowest BCUT2D eigenvalue weighted by Crippen LogP contribution is -2.32. The van der Waals surface area contributed by atoms with Crippen molar-refractivity contribution in [2.24, 2.45) is 0 Å². The SMILES string of the molecule is CS(=O)(=O)NCCNc1nc(Nc2cc(S(=O)(=O)O)ccc2OS(=O)O)nc(N(CCO)CCO)n1. The van der Waals surface area contributed by atoms with E-state index in [-0.39, 0.29) is 68.7 Å². The van der Waals surface area contributed by atoms with Crippen molar-refractivity contribution in [1.82, 2.24) is 19.7 Å². The molecule has 1 aromatic heterocycles. The first-order valence-electron chi connectivity index (χ1n) is 9.91. The van der Waals surface area contributed by atoms with Crippen molar-refractivity contribution in [2.45, 2.75) is 4.90 Å². The molecule has 0 radical (unpaired) electrons. The van der Waals surface area contributed by atoms with Crippen molar-refractivity contribution in [3.05, 3.63) is 18.2 Å². The highest BCUT2D eigenvalue weighted by Crippen LogP contribution is 2.30. The van der Waals surface area contributed by atoms with Crippen molar-refractivity contribution in [2.75, 3.05) is 61.2 Å². The van der Waals surface area contributed by atoms with E-state index in [2.05, 4.69) is 30.3 Å². The minimum atomic E-state index is -4.65.